The van der Waals surface area contributed by atoms with Gasteiger partial charge in [-0.3, -0.25) is 4.79 Å². The van der Waals surface area contributed by atoms with Crippen LogP contribution in [-0.4, -0.2) is 18.5 Å². The molecule has 4 nitrogen and oxygen atoms in total. The van der Waals surface area contributed by atoms with Crippen LogP contribution in [0.25, 0.3) is 6.08 Å². The van der Waals surface area contributed by atoms with Crippen molar-refractivity contribution in [2.75, 3.05) is 11.9 Å². The molecule has 0 saturated heterocycles. The highest BCUT2D eigenvalue weighted by molar-refractivity contribution is 6.31. The summed E-state index contributed by atoms with van der Waals surface area (Å²) in [6, 6.07) is 12.9. The van der Waals surface area contributed by atoms with Gasteiger partial charge in [0.25, 0.3) is 5.91 Å². The van der Waals surface area contributed by atoms with Crippen LogP contribution in [0.3, 0.4) is 0 Å². The SMILES string of the molecule is Cc1ccc(C=CC(=O)OCC(=O)Nc2ccc(C)c(Cl)c2)cc1. The Hall–Kier alpha value is -2.59. The van der Waals surface area contributed by atoms with E-state index >= 15 is 0 Å². The lowest BCUT2D eigenvalue weighted by atomic mass is 10.1. The van der Waals surface area contributed by atoms with Gasteiger partial charge < -0.3 is 10.1 Å². The number of esters is 1. The molecule has 0 radical (unpaired) electrons. The summed E-state index contributed by atoms with van der Waals surface area (Å²) >= 11 is 5.99. The van der Waals surface area contributed by atoms with Gasteiger partial charge >= 0.3 is 5.97 Å². The van der Waals surface area contributed by atoms with Crippen LogP contribution in [0.4, 0.5) is 5.69 Å². The number of benzene rings is 2. The van der Waals surface area contributed by atoms with Gasteiger partial charge in [-0.05, 0) is 43.2 Å². The molecule has 2 rings (SSSR count). The fraction of sp³-hybridized carbons (Fsp3) is 0.158. The molecule has 0 spiro atoms. The number of carbonyl (C=O) groups is 2. The third-order valence-corrected chi connectivity index (χ3v) is 3.70. The molecular weight excluding hydrogens is 326 g/mol. The van der Waals surface area contributed by atoms with Gasteiger partial charge in [0.05, 0.1) is 0 Å². The van der Waals surface area contributed by atoms with E-state index in [1.807, 2.05) is 38.1 Å². The van der Waals surface area contributed by atoms with E-state index in [4.69, 9.17) is 16.3 Å². The molecule has 0 heterocycles. The second-order valence-electron chi connectivity index (χ2n) is 5.36. The second-order valence-corrected chi connectivity index (χ2v) is 5.77. The molecule has 0 saturated carbocycles. The van der Waals surface area contributed by atoms with Crippen molar-refractivity contribution in [1.29, 1.82) is 0 Å². The second kappa shape index (κ2) is 8.31. The van der Waals surface area contributed by atoms with E-state index in [1.54, 1.807) is 24.3 Å². The number of nitrogens with one attached hydrogen (secondary N) is 1. The lowest BCUT2D eigenvalue weighted by molar-refractivity contribution is -0.142. The van der Waals surface area contributed by atoms with Crippen LogP contribution >= 0.6 is 11.6 Å². The van der Waals surface area contributed by atoms with Crippen molar-refractivity contribution in [2.24, 2.45) is 0 Å². The first-order chi connectivity index (χ1) is 11.4. The molecule has 0 fully saturated rings. The third-order valence-electron chi connectivity index (χ3n) is 3.29. The van der Waals surface area contributed by atoms with E-state index < -0.39 is 11.9 Å². The predicted octanol–water partition coefficient (Wildman–Crippen LogP) is 4.15. The smallest absolute Gasteiger partial charge is 0.331 e. The third kappa shape index (κ3) is 5.56. The zero-order valence-corrected chi connectivity index (χ0v) is 14.3. The molecule has 0 aliphatic carbocycles. The van der Waals surface area contributed by atoms with E-state index in [9.17, 15) is 9.59 Å². The van der Waals surface area contributed by atoms with Crippen LogP contribution in [0, 0.1) is 13.8 Å². The molecule has 2 aromatic rings. The standard InChI is InChI=1S/C19H18ClNO3/c1-13-3-6-15(7-4-13)8-10-19(23)24-12-18(22)21-16-9-5-14(2)17(20)11-16/h3-11H,12H2,1-2H3,(H,21,22). The maximum absolute atomic E-state index is 11.8. The number of rotatable bonds is 5. The minimum atomic E-state index is -0.576. The number of aryl methyl sites for hydroxylation is 2. The number of ether oxygens (including phenoxy) is 1. The Labute approximate surface area is 146 Å². The molecule has 0 unspecified atom stereocenters. The van der Waals surface area contributed by atoms with Gasteiger partial charge in [0.1, 0.15) is 0 Å². The van der Waals surface area contributed by atoms with E-state index in [0.717, 1.165) is 16.7 Å². The van der Waals surface area contributed by atoms with Gasteiger partial charge in [-0.25, -0.2) is 4.79 Å². The Bertz CT molecular complexity index is 767. The van der Waals surface area contributed by atoms with Gasteiger partial charge in [-0.1, -0.05) is 47.5 Å². The van der Waals surface area contributed by atoms with E-state index in [0.29, 0.717) is 10.7 Å². The van der Waals surface area contributed by atoms with Crippen molar-refractivity contribution >= 4 is 35.2 Å². The molecule has 0 aliphatic rings. The monoisotopic (exact) mass is 343 g/mol. The number of halogens is 1. The molecular formula is C19H18ClNO3. The number of hydrogen-bond donors (Lipinski definition) is 1. The topological polar surface area (TPSA) is 55.4 Å². The van der Waals surface area contributed by atoms with Crippen LogP contribution < -0.4 is 5.32 Å². The minimum Gasteiger partial charge on any atom is -0.452 e. The molecule has 0 aliphatic heterocycles. The highest BCUT2D eigenvalue weighted by atomic mass is 35.5. The van der Waals surface area contributed by atoms with Crippen molar-refractivity contribution < 1.29 is 14.3 Å². The van der Waals surface area contributed by atoms with Crippen LogP contribution in [0.2, 0.25) is 5.02 Å². The van der Waals surface area contributed by atoms with Gasteiger partial charge in [-0.2, -0.15) is 0 Å². The lowest BCUT2D eigenvalue weighted by Gasteiger charge is -2.07. The molecule has 2 aromatic carbocycles. The van der Waals surface area contributed by atoms with Crippen molar-refractivity contribution in [3.63, 3.8) is 0 Å². The average molecular weight is 344 g/mol. The molecule has 1 amide bonds. The number of anilines is 1. The molecule has 5 heteroatoms. The summed E-state index contributed by atoms with van der Waals surface area (Å²) in [5.74, 6) is -1.00. The van der Waals surface area contributed by atoms with Gasteiger partial charge in [-0.15, -0.1) is 0 Å². The molecule has 0 aromatic heterocycles. The van der Waals surface area contributed by atoms with Gasteiger partial charge in [0.2, 0.25) is 0 Å². The highest BCUT2D eigenvalue weighted by Crippen LogP contribution is 2.19. The van der Waals surface area contributed by atoms with E-state index in [-0.39, 0.29) is 6.61 Å². The first-order valence-corrected chi connectivity index (χ1v) is 7.79. The first-order valence-electron chi connectivity index (χ1n) is 7.41. The van der Waals surface area contributed by atoms with Crippen LogP contribution in [-0.2, 0) is 14.3 Å². The fourth-order valence-corrected chi connectivity index (χ4v) is 2.07. The molecule has 0 bridgehead atoms. The summed E-state index contributed by atoms with van der Waals surface area (Å²) in [5, 5.41) is 3.18. The Morgan fingerprint density at radius 2 is 1.83 bits per heavy atom. The maximum atomic E-state index is 11.8. The van der Waals surface area contributed by atoms with Crippen molar-refractivity contribution in [1.82, 2.24) is 0 Å². The van der Waals surface area contributed by atoms with Gasteiger partial charge in [0, 0.05) is 16.8 Å². The lowest BCUT2D eigenvalue weighted by Crippen LogP contribution is -2.20. The van der Waals surface area contributed by atoms with E-state index in [2.05, 4.69) is 5.32 Å². The summed E-state index contributed by atoms with van der Waals surface area (Å²) in [6.07, 6.45) is 2.93. The van der Waals surface area contributed by atoms with Crippen LogP contribution in [0.1, 0.15) is 16.7 Å². The van der Waals surface area contributed by atoms with Crippen molar-refractivity contribution in [2.45, 2.75) is 13.8 Å². The Morgan fingerprint density at radius 3 is 2.50 bits per heavy atom. The molecule has 0 atom stereocenters. The first kappa shape index (κ1) is 17.8. The largest absolute Gasteiger partial charge is 0.452 e. The summed E-state index contributed by atoms with van der Waals surface area (Å²) < 4.78 is 4.90. The normalized spacial score (nSPS) is 10.6. The van der Waals surface area contributed by atoms with Gasteiger partial charge in [0.15, 0.2) is 6.61 Å². The van der Waals surface area contributed by atoms with Crippen LogP contribution in [0.5, 0.6) is 0 Å². The Balaban J connectivity index is 1.81. The Kier molecular flexibility index (Phi) is 6.15. The minimum absolute atomic E-state index is 0.359. The molecule has 24 heavy (non-hydrogen) atoms. The summed E-state index contributed by atoms with van der Waals surface area (Å²) in [7, 11) is 0. The van der Waals surface area contributed by atoms with E-state index in [1.165, 1.54) is 6.08 Å². The number of amides is 1. The summed E-state index contributed by atoms with van der Waals surface area (Å²) in [5.41, 5.74) is 3.50. The zero-order valence-electron chi connectivity index (χ0n) is 13.5. The molecule has 1 N–H and O–H groups in total. The highest BCUT2D eigenvalue weighted by Gasteiger charge is 2.06. The van der Waals surface area contributed by atoms with Crippen molar-refractivity contribution in [3.8, 4) is 0 Å². The zero-order chi connectivity index (χ0) is 17.5. The fourth-order valence-electron chi connectivity index (χ4n) is 1.89. The number of carbonyl (C=O) groups excluding carboxylic acids is 2. The summed E-state index contributed by atoms with van der Waals surface area (Å²) in [4.78, 5) is 23.4. The quantitative estimate of drug-likeness (QED) is 0.655. The maximum Gasteiger partial charge on any atom is 0.331 e. The Morgan fingerprint density at radius 1 is 1.12 bits per heavy atom. The van der Waals surface area contributed by atoms with Crippen LogP contribution in [0.15, 0.2) is 48.5 Å². The van der Waals surface area contributed by atoms with Crippen molar-refractivity contribution in [3.05, 3.63) is 70.3 Å². The average Bonchev–Trinajstić information content (AvgIpc) is 2.56. The predicted molar refractivity (Wildman–Crippen MR) is 96.0 cm³/mol. The number of hydrogen-bond acceptors (Lipinski definition) is 3. The molecule has 124 valence electrons. The summed E-state index contributed by atoms with van der Waals surface area (Å²) in [6.45, 7) is 3.50.